The van der Waals surface area contributed by atoms with E-state index in [0.29, 0.717) is 17.5 Å². The Morgan fingerprint density at radius 3 is 1.58 bits per heavy atom. The monoisotopic (exact) mass is 775 g/mol. The molecule has 2 aliphatic carbocycles. The lowest BCUT2D eigenvalue weighted by atomic mass is 9.70. The predicted molar refractivity (Wildman–Crippen MR) is 232 cm³/mol. The van der Waals surface area contributed by atoms with Crippen molar-refractivity contribution in [1.82, 2.24) is 24.3 Å². The Labute approximate surface area is 344 Å². The third-order valence-corrected chi connectivity index (χ3v) is 12.0. The quantitative estimate of drug-likeness (QED) is 0.175. The van der Waals surface area contributed by atoms with E-state index >= 15 is 8.78 Å². The number of halogens is 2. The molecule has 60 heavy (non-hydrogen) atoms. The van der Waals surface area contributed by atoms with Gasteiger partial charge in [-0.25, -0.2) is 28.7 Å². The minimum atomic E-state index is -0.964. The Balaban J connectivity index is 1.07. The molecule has 2 aliphatic rings. The van der Waals surface area contributed by atoms with Crippen LogP contribution in [0.1, 0.15) is 22.3 Å². The number of imidazole rings is 1. The van der Waals surface area contributed by atoms with E-state index in [2.05, 4.69) is 52.9 Å². The molecule has 0 N–H and O–H groups in total. The van der Waals surface area contributed by atoms with Gasteiger partial charge >= 0.3 is 0 Å². The molecule has 0 unspecified atom stereocenters. The summed E-state index contributed by atoms with van der Waals surface area (Å²) in [6, 6.07) is 58.6. The summed E-state index contributed by atoms with van der Waals surface area (Å²) in [5, 5.41) is 0. The van der Waals surface area contributed by atoms with Crippen LogP contribution < -0.4 is 0 Å². The molecule has 0 saturated heterocycles. The van der Waals surface area contributed by atoms with E-state index in [1.807, 2.05) is 115 Å². The van der Waals surface area contributed by atoms with E-state index in [4.69, 9.17) is 19.9 Å². The summed E-state index contributed by atoms with van der Waals surface area (Å²) in [5.74, 6) is 0.815. The summed E-state index contributed by atoms with van der Waals surface area (Å²) in [5.41, 5.74) is 13.4. The Kier molecular flexibility index (Phi) is 7.44. The van der Waals surface area contributed by atoms with Crippen LogP contribution in [0.4, 0.5) is 8.78 Å². The van der Waals surface area contributed by atoms with E-state index in [-0.39, 0.29) is 11.6 Å². The average Bonchev–Trinajstić information content (AvgIpc) is 3.93. The van der Waals surface area contributed by atoms with Gasteiger partial charge in [-0.2, -0.15) is 0 Å². The van der Waals surface area contributed by atoms with Crippen LogP contribution in [-0.4, -0.2) is 24.3 Å². The highest BCUT2D eigenvalue weighted by Crippen LogP contribution is 2.63. The van der Waals surface area contributed by atoms with Crippen molar-refractivity contribution in [3.05, 3.63) is 222 Å². The fourth-order valence-electron chi connectivity index (χ4n) is 9.49. The summed E-state index contributed by atoms with van der Waals surface area (Å²) in [6.45, 7) is 0. The number of nitrogens with zero attached hydrogens (tertiary/aromatic N) is 5. The van der Waals surface area contributed by atoms with Crippen molar-refractivity contribution >= 4 is 5.65 Å². The second-order valence-electron chi connectivity index (χ2n) is 15.3. The van der Waals surface area contributed by atoms with Gasteiger partial charge in [0.2, 0.25) is 0 Å². The van der Waals surface area contributed by atoms with Gasteiger partial charge in [-0.15, -0.1) is 0 Å². The molecule has 7 heteroatoms. The van der Waals surface area contributed by atoms with Crippen molar-refractivity contribution in [2.75, 3.05) is 0 Å². The van der Waals surface area contributed by atoms with Gasteiger partial charge in [-0.05, 0) is 93.0 Å². The first-order valence-electron chi connectivity index (χ1n) is 19.8. The van der Waals surface area contributed by atoms with E-state index in [1.165, 1.54) is 12.1 Å². The molecule has 3 heterocycles. The molecule has 282 valence electrons. The average molecular weight is 776 g/mol. The van der Waals surface area contributed by atoms with Crippen LogP contribution in [-0.2, 0) is 5.41 Å². The van der Waals surface area contributed by atoms with Gasteiger partial charge in [0, 0.05) is 34.0 Å². The molecule has 3 aromatic heterocycles. The summed E-state index contributed by atoms with van der Waals surface area (Å²) in [7, 11) is 0. The van der Waals surface area contributed by atoms with Crippen molar-refractivity contribution < 1.29 is 8.78 Å². The number of aromatic nitrogens is 5. The summed E-state index contributed by atoms with van der Waals surface area (Å²) in [6.07, 6.45) is 2.04. The summed E-state index contributed by atoms with van der Waals surface area (Å²) >= 11 is 0. The number of benzene rings is 7. The predicted octanol–water partition coefficient (Wildman–Crippen LogP) is 12.5. The van der Waals surface area contributed by atoms with Crippen LogP contribution in [0.2, 0.25) is 0 Å². The topological polar surface area (TPSA) is 56.0 Å². The van der Waals surface area contributed by atoms with Crippen LogP contribution >= 0.6 is 0 Å². The van der Waals surface area contributed by atoms with Gasteiger partial charge in [0.15, 0.2) is 17.5 Å². The molecule has 12 rings (SSSR count). The Morgan fingerprint density at radius 1 is 0.367 bits per heavy atom. The molecule has 0 atom stereocenters. The SMILES string of the molecule is Fc1ccc2c(c1)C1(c3ccccc3-c3ccc(-c4nc(-c5ccccc5)nc(-c5cccc(-c6nc7ccccn7c6-c6ccccc6)c5)n4)cc31)c1cc(F)ccc1-2. The molecule has 5 nitrogen and oxygen atoms in total. The zero-order valence-corrected chi connectivity index (χ0v) is 31.9. The van der Waals surface area contributed by atoms with Crippen LogP contribution in [0.5, 0.6) is 0 Å². The van der Waals surface area contributed by atoms with Crippen LogP contribution in [0.3, 0.4) is 0 Å². The molecule has 10 aromatic rings. The van der Waals surface area contributed by atoms with E-state index < -0.39 is 5.41 Å². The first-order valence-corrected chi connectivity index (χ1v) is 19.8. The van der Waals surface area contributed by atoms with Crippen molar-refractivity contribution in [3.8, 4) is 78.9 Å². The van der Waals surface area contributed by atoms with Gasteiger partial charge in [-0.1, -0.05) is 133 Å². The maximum atomic E-state index is 15.4. The minimum Gasteiger partial charge on any atom is -0.299 e. The number of pyridine rings is 1. The Morgan fingerprint density at radius 2 is 0.883 bits per heavy atom. The molecule has 0 saturated carbocycles. The van der Waals surface area contributed by atoms with E-state index in [0.717, 1.165) is 89.4 Å². The highest BCUT2D eigenvalue weighted by atomic mass is 19.1. The first-order chi connectivity index (χ1) is 29.5. The van der Waals surface area contributed by atoms with E-state index in [9.17, 15) is 0 Å². The molecule has 0 fully saturated rings. The fourth-order valence-corrected chi connectivity index (χ4v) is 9.49. The number of fused-ring (bicyclic) bond motifs is 11. The molecular formula is C53H31F2N5. The van der Waals surface area contributed by atoms with Gasteiger partial charge in [-0.3, -0.25) is 4.40 Å². The van der Waals surface area contributed by atoms with Crippen LogP contribution in [0.25, 0.3) is 84.6 Å². The number of hydrogen-bond acceptors (Lipinski definition) is 4. The zero-order valence-electron chi connectivity index (χ0n) is 31.9. The minimum absolute atomic E-state index is 0.347. The van der Waals surface area contributed by atoms with E-state index in [1.54, 1.807) is 12.1 Å². The Bertz CT molecular complexity index is 3310. The third-order valence-electron chi connectivity index (χ3n) is 12.0. The maximum Gasteiger partial charge on any atom is 0.164 e. The maximum absolute atomic E-state index is 15.4. The van der Waals surface area contributed by atoms with Gasteiger partial charge in [0.05, 0.1) is 16.8 Å². The molecule has 0 bridgehead atoms. The highest BCUT2D eigenvalue weighted by molar-refractivity contribution is 5.96. The standard InChI is InChI=1S/C53H31F2N5/c54-37-22-25-41-42-26-23-38(55)31-46(42)53(45(41)30-37)43-19-8-7-18-39(43)40-24-21-36(29-44(40)53)52-58-50(33-14-5-2-6-15-33)57-51(59-52)35-17-11-16-34(28-35)48-49(32-12-3-1-4-13-32)60-27-10-9-20-47(60)56-48/h1-31H. The summed E-state index contributed by atoms with van der Waals surface area (Å²) in [4.78, 5) is 20.5. The van der Waals surface area contributed by atoms with Crippen molar-refractivity contribution in [3.63, 3.8) is 0 Å². The molecular weight excluding hydrogens is 745 g/mol. The first kappa shape index (κ1) is 34.2. The number of rotatable bonds is 5. The van der Waals surface area contributed by atoms with Crippen molar-refractivity contribution in [2.45, 2.75) is 5.41 Å². The molecule has 1 spiro atoms. The van der Waals surface area contributed by atoms with Gasteiger partial charge in [0.25, 0.3) is 0 Å². The highest BCUT2D eigenvalue weighted by Gasteiger charge is 2.52. The van der Waals surface area contributed by atoms with Crippen molar-refractivity contribution in [1.29, 1.82) is 0 Å². The smallest absolute Gasteiger partial charge is 0.164 e. The van der Waals surface area contributed by atoms with Gasteiger partial charge < -0.3 is 0 Å². The molecule has 0 amide bonds. The summed E-state index contributed by atoms with van der Waals surface area (Å²) < 4.78 is 32.9. The second kappa shape index (κ2) is 13.1. The normalized spacial score (nSPS) is 13.0. The van der Waals surface area contributed by atoms with Crippen LogP contribution in [0, 0.1) is 11.6 Å². The van der Waals surface area contributed by atoms with Gasteiger partial charge in [0.1, 0.15) is 17.3 Å². The van der Waals surface area contributed by atoms with Crippen LogP contribution in [0.15, 0.2) is 188 Å². The molecule has 0 aliphatic heterocycles. The zero-order chi connectivity index (χ0) is 40.0. The Hall–Kier alpha value is -7.90. The lowest BCUT2D eigenvalue weighted by Gasteiger charge is -2.30. The second-order valence-corrected chi connectivity index (χ2v) is 15.3. The lowest BCUT2D eigenvalue weighted by Crippen LogP contribution is -2.26. The lowest BCUT2D eigenvalue weighted by molar-refractivity contribution is 0.618. The fraction of sp³-hybridized carbons (Fsp3) is 0.0189. The van der Waals surface area contributed by atoms with Crippen molar-refractivity contribution in [2.24, 2.45) is 0 Å². The number of hydrogen-bond donors (Lipinski definition) is 0. The molecule has 7 aromatic carbocycles. The molecule has 0 radical (unpaired) electrons. The largest absolute Gasteiger partial charge is 0.299 e. The third kappa shape index (κ3) is 5.02.